The van der Waals surface area contributed by atoms with Crippen molar-refractivity contribution in [1.82, 2.24) is 0 Å². The molecule has 1 N–H and O–H groups in total. The molecule has 0 bridgehead atoms. The van der Waals surface area contributed by atoms with Crippen molar-refractivity contribution in [2.24, 2.45) is 0 Å². The van der Waals surface area contributed by atoms with E-state index in [1.165, 1.54) is 18.2 Å². The minimum atomic E-state index is -0.825. The average Bonchev–Trinajstić information content (AvgIpc) is 2.80. The number of halogens is 2. The molecule has 0 fully saturated rings. The molecule has 0 radical (unpaired) electrons. The van der Waals surface area contributed by atoms with Gasteiger partial charge in [-0.2, -0.15) is 0 Å². The maximum absolute atomic E-state index is 13.2. The fraction of sp³-hybridized carbons (Fsp3) is 0.250. The Morgan fingerprint density at radius 3 is 2.70 bits per heavy atom. The third-order valence-corrected chi connectivity index (χ3v) is 3.78. The molecule has 0 aromatic heterocycles. The van der Waals surface area contributed by atoms with Gasteiger partial charge in [-0.1, -0.05) is 23.7 Å². The number of hydrogen-bond acceptors (Lipinski definition) is 2. The van der Waals surface area contributed by atoms with E-state index < -0.39 is 11.9 Å². The first kappa shape index (κ1) is 13.4. The molecule has 1 heterocycles. The molecule has 3 rings (SSSR count). The summed E-state index contributed by atoms with van der Waals surface area (Å²) in [6, 6.07) is 9.87. The lowest BCUT2D eigenvalue weighted by Gasteiger charge is -2.13. The Balaban J connectivity index is 1.93. The Labute approximate surface area is 121 Å². The Bertz CT molecular complexity index is 657. The van der Waals surface area contributed by atoms with Gasteiger partial charge in [0, 0.05) is 6.42 Å². The zero-order valence-electron chi connectivity index (χ0n) is 10.9. The molecule has 1 aliphatic rings. The van der Waals surface area contributed by atoms with Crippen LogP contribution in [-0.2, 0) is 6.42 Å². The molecule has 20 heavy (non-hydrogen) atoms. The first-order chi connectivity index (χ1) is 9.54. The van der Waals surface area contributed by atoms with Crippen molar-refractivity contribution in [3.63, 3.8) is 0 Å². The summed E-state index contributed by atoms with van der Waals surface area (Å²) < 4.78 is 18.8. The maximum atomic E-state index is 13.2. The number of hydrogen-bond donors (Lipinski definition) is 1. The molecule has 0 spiro atoms. The van der Waals surface area contributed by atoms with Gasteiger partial charge in [-0.05, 0) is 47.9 Å². The van der Waals surface area contributed by atoms with Gasteiger partial charge in [0.05, 0.1) is 5.02 Å². The van der Waals surface area contributed by atoms with Gasteiger partial charge in [-0.15, -0.1) is 0 Å². The van der Waals surface area contributed by atoms with Crippen molar-refractivity contribution < 1.29 is 14.2 Å². The van der Waals surface area contributed by atoms with Crippen LogP contribution in [0.5, 0.6) is 5.75 Å². The molecule has 2 nitrogen and oxygen atoms in total. The summed E-state index contributed by atoms with van der Waals surface area (Å²) in [5, 5.41) is 10.4. The average molecular weight is 293 g/mol. The Kier molecular flexibility index (Phi) is 3.40. The van der Waals surface area contributed by atoms with E-state index in [0.29, 0.717) is 5.56 Å². The summed E-state index contributed by atoms with van der Waals surface area (Å²) in [7, 11) is 0. The number of fused-ring (bicyclic) bond motifs is 1. The second kappa shape index (κ2) is 5.08. The second-order valence-corrected chi connectivity index (χ2v) is 5.48. The van der Waals surface area contributed by atoms with Gasteiger partial charge in [0.15, 0.2) is 0 Å². The summed E-state index contributed by atoms with van der Waals surface area (Å²) in [4.78, 5) is 0. The van der Waals surface area contributed by atoms with Crippen molar-refractivity contribution >= 4 is 11.6 Å². The Morgan fingerprint density at radius 1 is 1.25 bits per heavy atom. The van der Waals surface area contributed by atoms with Crippen molar-refractivity contribution in [2.45, 2.75) is 25.6 Å². The fourth-order valence-corrected chi connectivity index (χ4v) is 2.68. The summed E-state index contributed by atoms with van der Waals surface area (Å²) >= 11 is 5.75. The fourth-order valence-electron chi connectivity index (χ4n) is 2.49. The molecule has 1 aliphatic heterocycles. The van der Waals surface area contributed by atoms with E-state index in [4.69, 9.17) is 16.3 Å². The van der Waals surface area contributed by atoms with E-state index >= 15 is 0 Å². The van der Waals surface area contributed by atoms with Crippen LogP contribution in [0.4, 0.5) is 4.39 Å². The highest BCUT2D eigenvalue weighted by molar-refractivity contribution is 6.30. The lowest BCUT2D eigenvalue weighted by atomic mass is 9.98. The lowest BCUT2D eigenvalue weighted by molar-refractivity contribution is 0.220. The van der Waals surface area contributed by atoms with E-state index in [0.717, 1.165) is 23.3 Å². The van der Waals surface area contributed by atoms with Gasteiger partial charge in [-0.3, -0.25) is 0 Å². The van der Waals surface area contributed by atoms with E-state index in [-0.39, 0.29) is 11.1 Å². The molecule has 2 aromatic rings. The highest BCUT2D eigenvalue weighted by Crippen LogP contribution is 2.33. The standard InChI is InChI=1S/C16H14ClFO2/c1-9-6-12-7-10(3-5-15(12)20-9)16(19)11-2-4-14(18)13(17)8-11/h2-5,7-9,16,19H,6H2,1H3. The van der Waals surface area contributed by atoms with Crippen LogP contribution in [0.25, 0.3) is 0 Å². The summed E-state index contributed by atoms with van der Waals surface area (Å²) in [5.41, 5.74) is 2.41. The molecule has 104 valence electrons. The van der Waals surface area contributed by atoms with Crippen LogP contribution in [0.15, 0.2) is 36.4 Å². The quantitative estimate of drug-likeness (QED) is 0.910. The van der Waals surface area contributed by atoms with Crippen LogP contribution >= 0.6 is 11.6 Å². The summed E-state index contributed by atoms with van der Waals surface area (Å²) in [6.45, 7) is 2.01. The first-order valence-electron chi connectivity index (χ1n) is 6.47. The van der Waals surface area contributed by atoms with Gasteiger partial charge < -0.3 is 9.84 Å². The molecule has 2 unspecified atom stereocenters. The smallest absolute Gasteiger partial charge is 0.141 e. The lowest BCUT2D eigenvalue weighted by Crippen LogP contribution is -2.05. The van der Waals surface area contributed by atoms with Crippen LogP contribution in [0.2, 0.25) is 5.02 Å². The number of rotatable bonds is 2. The van der Waals surface area contributed by atoms with E-state index in [1.54, 1.807) is 0 Å². The number of benzene rings is 2. The van der Waals surface area contributed by atoms with Crippen LogP contribution in [0, 0.1) is 5.82 Å². The van der Waals surface area contributed by atoms with E-state index in [9.17, 15) is 9.50 Å². The molecule has 2 atom stereocenters. The van der Waals surface area contributed by atoms with Gasteiger partial charge in [0.1, 0.15) is 23.8 Å². The largest absolute Gasteiger partial charge is 0.490 e. The molecular weight excluding hydrogens is 279 g/mol. The molecule has 2 aromatic carbocycles. The van der Waals surface area contributed by atoms with Crippen molar-refractivity contribution in [3.05, 3.63) is 63.9 Å². The highest BCUT2D eigenvalue weighted by Gasteiger charge is 2.21. The van der Waals surface area contributed by atoms with Crippen molar-refractivity contribution in [2.75, 3.05) is 0 Å². The third-order valence-electron chi connectivity index (χ3n) is 3.50. The molecular formula is C16H14ClFO2. The van der Waals surface area contributed by atoms with Gasteiger partial charge in [-0.25, -0.2) is 4.39 Å². The minimum absolute atomic E-state index is 0.0136. The number of aliphatic hydroxyl groups excluding tert-OH is 1. The summed E-state index contributed by atoms with van der Waals surface area (Å²) in [6.07, 6.45) is 0.173. The third kappa shape index (κ3) is 2.39. The van der Waals surface area contributed by atoms with Crippen molar-refractivity contribution in [1.29, 1.82) is 0 Å². The van der Waals surface area contributed by atoms with Crippen LogP contribution in [0.1, 0.15) is 29.7 Å². The zero-order chi connectivity index (χ0) is 14.3. The number of ether oxygens (including phenoxy) is 1. The molecule has 0 aliphatic carbocycles. The summed E-state index contributed by atoms with van der Waals surface area (Å²) in [5.74, 6) is 0.379. The monoisotopic (exact) mass is 292 g/mol. The van der Waals surface area contributed by atoms with Crippen LogP contribution in [0.3, 0.4) is 0 Å². The molecule has 0 saturated carbocycles. The Hall–Kier alpha value is -1.58. The second-order valence-electron chi connectivity index (χ2n) is 5.08. The van der Waals surface area contributed by atoms with Crippen LogP contribution < -0.4 is 4.74 Å². The predicted octanol–water partition coefficient (Wildman–Crippen LogP) is 3.88. The first-order valence-corrected chi connectivity index (χ1v) is 6.85. The SMILES string of the molecule is CC1Cc2cc(C(O)c3ccc(F)c(Cl)c3)ccc2O1. The van der Waals surface area contributed by atoms with Gasteiger partial charge >= 0.3 is 0 Å². The molecule has 0 saturated heterocycles. The van der Waals surface area contributed by atoms with Gasteiger partial charge in [0.2, 0.25) is 0 Å². The van der Waals surface area contributed by atoms with Crippen LogP contribution in [-0.4, -0.2) is 11.2 Å². The minimum Gasteiger partial charge on any atom is -0.490 e. The van der Waals surface area contributed by atoms with E-state index in [1.807, 2.05) is 25.1 Å². The maximum Gasteiger partial charge on any atom is 0.141 e. The Morgan fingerprint density at radius 2 is 1.95 bits per heavy atom. The highest BCUT2D eigenvalue weighted by atomic mass is 35.5. The normalized spacial score (nSPS) is 18.5. The molecule has 4 heteroatoms. The number of aliphatic hydroxyl groups is 1. The molecule has 0 amide bonds. The predicted molar refractivity (Wildman–Crippen MR) is 75.7 cm³/mol. The van der Waals surface area contributed by atoms with Crippen molar-refractivity contribution in [3.8, 4) is 5.75 Å². The topological polar surface area (TPSA) is 29.5 Å². The van der Waals surface area contributed by atoms with E-state index in [2.05, 4.69) is 0 Å². The van der Waals surface area contributed by atoms with Gasteiger partial charge in [0.25, 0.3) is 0 Å². The zero-order valence-corrected chi connectivity index (χ0v) is 11.7.